The average Bonchev–Trinajstić information content (AvgIpc) is 2.77. The van der Waals surface area contributed by atoms with Gasteiger partial charge < -0.3 is 24.8 Å². The van der Waals surface area contributed by atoms with Crippen molar-refractivity contribution < 1.29 is 46.5 Å². The molecule has 0 amide bonds. The SMILES string of the molecule is CCSC1(CC2=[C-]CC=C2)CC=C(C)C=C1C.[Cl-].[Cl-].[Ti+3]. The summed E-state index contributed by atoms with van der Waals surface area (Å²) in [5.41, 5.74) is 4.33. The predicted octanol–water partition coefficient (Wildman–Crippen LogP) is -1.14. The number of halogens is 2. The molecular formula is C16H21Cl2STi. The molecule has 0 fully saturated rings. The molecule has 4 heteroatoms. The second-order valence-electron chi connectivity index (χ2n) is 4.89. The van der Waals surface area contributed by atoms with Gasteiger partial charge in [0.25, 0.3) is 0 Å². The molecule has 0 aromatic heterocycles. The maximum absolute atomic E-state index is 3.46. The number of thioether (sulfide) groups is 1. The Morgan fingerprint density at radius 3 is 2.50 bits per heavy atom. The number of allylic oxidation sites excluding steroid dienone is 7. The van der Waals surface area contributed by atoms with Crippen molar-refractivity contribution in [3.63, 3.8) is 0 Å². The molecule has 2 aliphatic carbocycles. The molecule has 0 saturated carbocycles. The molecule has 0 bridgehead atoms. The zero-order valence-corrected chi connectivity index (χ0v) is 16.2. The van der Waals surface area contributed by atoms with Crippen LogP contribution in [0.1, 0.15) is 40.0 Å². The molecule has 0 aliphatic heterocycles. The van der Waals surface area contributed by atoms with Gasteiger partial charge in [0.05, 0.1) is 0 Å². The molecule has 20 heavy (non-hydrogen) atoms. The van der Waals surface area contributed by atoms with Crippen molar-refractivity contribution in [2.45, 2.75) is 44.8 Å². The summed E-state index contributed by atoms with van der Waals surface area (Å²) in [6.07, 6.45) is 16.0. The van der Waals surface area contributed by atoms with E-state index in [2.05, 4.69) is 62.9 Å². The van der Waals surface area contributed by atoms with Crippen molar-refractivity contribution in [1.29, 1.82) is 0 Å². The summed E-state index contributed by atoms with van der Waals surface area (Å²) < 4.78 is 0.283. The Balaban J connectivity index is 0. The van der Waals surface area contributed by atoms with E-state index in [9.17, 15) is 0 Å². The van der Waals surface area contributed by atoms with Crippen LogP contribution < -0.4 is 24.8 Å². The van der Waals surface area contributed by atoms with Crippen molar-refractivity contribution in [1.82, 2.24) is 0 Å². The predicted molar refractivity (Wildman–Crippen MR) is 78.1 cm³/mol. The first-order chi connectivity index (χ1) is 8.16. The molecule has 0 heterocycles. The van der Waals surface area contributed by atoms with Gasteiger partial charge in [-0.25, -0.2) is 11.6 Å². The monoisotopic (exact) mass is 363 g/mol. The Morgan fingerprint density at radius 2 is 2.00 bits per heavy atom. The Labute approximate surface area is 155 Å². The van der Waals surface area contributed by atoms with Gasteiger partial charge in [-0.3, -0.25) is 6.08 Å². The number of rotatable bonds is 4. The van der Waals surface area contributed by atoms with E-state index in [1.165, 1.54) is 28.9 Å². The van der Waals surface area contributed by atoms with Crippen molar-refractivity contribution in [3.05, 3.63) is 47.1 Å². The van der Waals surface area contributed by atoms with Gasteiger partial charge in [-0.05, 0) is 32.4 Å². The molecule has 0 aromatic rings. The standard InChI is InChI=1S/C16H21S.2ClH.Ti/c1-4-17-16(12-15-7-5-6-8-15)10-9-13(2)11-14(16)3;;;/h5,7,9,11H,4,6,10,12H2,1-3H3;2*1H;/q-1;;;+3/p-2. The van der Waals surface area contributed by atoms with Crippen LogP contribution in [-0.2, 0) is 21.7 Å². The summed E-state index contributed by atoms with van der Waals surface area (Å²) >= 11 is 2.09. The molecule has 2 aliphatic rings. The second kappa shape index (κ2) is 10.4. The van der Waals surface area contributed by atoms with Crippen LogP contribution in [0.5, 0.6) is 0 Å². The van der Waals surface area contributed by atoms with Gasteiger partial charge in [-0.1, -0.05) is 30.2 Å². The van der Waals surface area contributed by atoms with E-state index in [1.807, 2.05) is 0 Å². The van der Waals surface area contributed by atoms with Crippen LogP contribution in [0, 0.1) is 6.08 Å². The van der Waals surface area contributed by atoms with Gasteiger partial charge in [0.2, 0.25) is 0 Å². The van der Waals surface area contributed by atoms with E-state index in [4.69, 9.17) is 0 Å². The van der Waals surface area contributed by atoms with E-state index in [0.29, 0.717) is 0 Å². The number of hydrogen-bond acceptors (Lipinski definition) is 1. The van der Waals surface area contributed by atoms with E-state index < -0.39 is 0 Å². The van der Waals surface area contributed by atoms with Gasteiger partial charge in [0.15, 0.2) is 0 Å². The summed E-state index contributed by atoms with van der Waals surface area (Å²) in [6.45, 7) is 6.75. The first-order valence-electron chi connectivity index (χ1n) is 6.42. The summed E-state index contributed by atoms with van der Waals surface area (Å²) in [6, 6.07) is 0. The van der Waals surface area contributed by atoms with Gasteiger partial charge in [0.1, 0.15) is 0 Å². The Morgan fingerprint density at radius 1 is 1.30 bits per heavy atom. The fraction of sp³-hybridized carbons (Fsp3) is 0.500. The van der Waals surface area contributed by atoms with E-state index in [0.717, 1.165) is 12.8 Å². The molecule has 1 atom stereocenters. The van der Waals surface area contributed by atoms with Crippen LogP contribution in [0.3, 0.4) is 0 Å². The fourth-order valence-electron chi connectivity index (χ4n) is 2.61. The van der Waals surface area contributed by atoms with Crippen molar-refractivity contribution in [2.24, 2.45) is 0 Å². The van der Waals surface area contributed by atoms with Gasteiger partial charge in [0, 0.05) is 4.75 Å². The van der Waals surface area contributed by atoms with Crippen molar-refractivity contribution in [3.8, 4) is 0 Å². The topological polar surface area (TPSA) is 0 Å². The summed E-state index contributed by atoms with van der Waals surface area (Å²) in [7, 11) is 0. The molecule has 0 saturated heterocycles. The van der Waals surface area contributed by atoms with Gasteiger partial charge in [-0.15, -0.1) is 6.42 Å². The molecule has 0 nitrogen and oxygen atoms in total. The Hall–Kier alpha value is 0.604. The summed E-state index contributed by atoms with van der Waals surface area (Å²) in [4.78, 5) is 0. The normalized spacial score (nSPS) is 23.6. The summed E-state index contributed by atoms with van der Waals surface area (Å²) in [5.74, 6) is 1.18. The molecule has 0 aromatic carbocycles. The van der Waals surface area contributed by atoms with Crippen molar-refractivity contribution in [2.75, 3.05) is 5.75 Å². The Bertz CT molecular complexity index is 424. The molecule has 1 radical (unpaired) electrons. The zero-order valence-electron chi connectivity index (χ0n) is 12.3. The second-order valence-corrected chi connectivity index (χ2v) is 6.54. The smallest absolute Gasteiger partial charge is 1.00 e. The largest absolute Gasteiger partial charge is 3.00 e. The van der Waals surface area contributed by atoms with Gasteiger partial charge >= 0.3 is 21.7 Å². The van der Waals surface area contributed by atoms with Crippen LogP contribution in [0.4, 0.5) is 0 Å². The van der Waals surface area contributed by atoms with Crippen molar-refractivity contribution >= 4 is 11.8 Å². The van der Waals surface area contributed by atoms with Crippen LogP contribution in [0.2, 0.25) is 0 Å². The first-order valence-corrected chi connectivity index (χ1v) is 7.40. The van der Waals surface area contributed by atoms with Gasteiger partial charge in [-0.2, -0.15) is 17.8 Å². The Kier molecular flexibility index (Phi) is 11.8. The molecule has 109 valence electrons. The third-order valence-electron chi connectivity index (χ3n) is 3.58. The molecular weight excluding hydrogens is 343 g/mol. The summed E-state index contributed by atoms with van der Waals surface area (Å²) in [5, 5.41) is 0. The van der Waals surface area contributed by atoms with E-state index in [-0.39, 0.29) is 51.3 Å². The molecule has 1 unspecified atom stereocenters. The minimum atomic E-state index is 0. The van der Waals surface area contributed by atoms with E-state index >= 15 is 0 Å². The number of hydrogen-bond donors (Lipinski definition) is 0. The van der Waals surface area contributed by atoms with Crippen LogP contribution in [-0.4, -0.2) is 10.5 Å². The minimum absolute atomic E-state index is 0. The molecule has 2 rings (SSSR count). The third-order valence-corrected chi connectivity index (χ3v) is 5.05. The van der Waals surface area contributed by atoms with Crippen LogP contribution in [0.25, 0.3) is 0 Å². The molecule has 0 N–H and O–H groups in total. The zero-order chi connectivity index (χ0) is 12.3. The fourth-order valence-corrected chi connectivity index (χ4v) is 3.91. The van der Waals surface area contributed by atoms with Crippen LogP contribution >= 0.6 is 11.8 Å². The quantitative estimate of drug-likeness (QED) is 0.449. The maximum atomic E-state index is 3.46. The third kappa shape index (κ3) is 5.42. The minimum Gasteiger partial charge on any atom is -1.00 e. The van der Waals surface area contributed by atoms with Crippen LogP contribution in [0.15, 0.2) is 41.0 Å². The van der Waals surface area contributed by atoms with E-state index in [1.54, 1.807) is 0 Å². The average molecular weight is 364 g/mol. The maximum Gasteiger partial charge on any atom is 3.00 e. The molecule has 0 spiro atoms. The first kappa shape index (κ1) is 22.9.